The Bertz CT molecular complexity index is 1560. The van der Waals surface area contributed by atoms with Crippen molar-refractivity contribution in [1.29, 1.82) is 5.26 Å². The Labute approximate surface area is 220 Å². The molecule has 0 atom stereocenters. The van der Waals surface area contributed by atoms with Crippen LogP contribution in [0, 0.1) is 11.3 Å². The number of carbonyl (C=O) groups excluding carboxylic acids is 1. The van der Waals surface area contributed by atoms with Crippen LogP contribution in [-0.2, 0) is 11.7 Å². The molecule has 0 bridgehead atoms. The second-order valence-corrected chi connectivity index (χ2v) is 9.87. The van der Waals surface area contributed by atoms with Crippen molar-refractivity contribution >= 4 is 16.9 Å². The van der Waals surface area contributed by atoms with Gasteiger partial charge in [0.05, 0.1) is 42.3 Å². The highest BCUT2D eigenvalue weighted by molar-refractivity contribution is 5.92. The average Bonchev–Trinajstić information content (AvgIpc) is 3.60. The van der Waals surface area contributed by atoms with Gasteiger partial charge in [-0.05, 0) is 18.9 Å². The second-order valence-electron chi connectivity index (χ2n) is 9.87. The lowest BCUT2D eigenvalue weighted by atomic mass is 9.70. The lowest BCUT2D eigenvalue weighted by Gasteiger charge is -2.52. The molecule has 1 aliphatic carbocycles. The molecule has 5 heterocycles. The first-order valence-corrected chi connectivity index (χ1v) is 12.4. The van der Waals surface area contributed by atoms with E-state index in [1.807, 2.05) is 16.9 Å². The van der Waals surface area contributed by atoms with Crippen LogP contribution in [0.1, 0.15) is 35.4 Å². The molecule has 11 nitrogen and oxygen atoms in total. The summed E-state index contributed by atoms with van der Waals surface area (Å²) in [5, 5.41) is 15.1. The van der Waals surface area contributed by atoms with E-state index in [1.165, 1.54) is 11.2 Å². The third kappa shape index (κ3) is 4.48. The van der Waals surface area contributed by atoms with E-state index in [-0.39, 0.29) is 11.7 Å². The highest BCUT2D eigenvalue weighted by atomic mass is 19.4. The molecular weight excluding hydrogens is 513 g/mol. The molecular formula is C25H23F3N10O. The zero-order chi connectivity index (χ0) is 27.2. The number of carbonyl (C=O) groups is 1. The molecule has 0 radical (unpaired) electrons. The van der Waals surface area contributed by atoms with E-state index in [9.17, 15) is 23.2 Å². The lowest BCUT2D eigenvalue weighted by Crippen LogP contribution is -2.60. The molecule has 2 aliphatic rings. The lowest BCUT2D eigenvalue weighted by molar-refractivity contribution is -0.141. The standard InChI is InChI=1S/C25H23F3N10O/c26-25(27,28)20-13-30-12-19(35-20)23(39)37-7-5-36(6-8-37)17-9-24(10-17,2-3-29)38-14-16(11-34-38)21-18-1-4-31-22(18)33-15-32-21/h1,4,11-15,17H,2,5-10H2,(H,31,32,33). The first-order chi connectivity index (χ1) is 18.8. The number of fused-ring (bicyclic) bond motifs is 1. The Balaban J connectivity index is 1.11. The monoisotopic (exact) mass is 536 g/mol. The minimum Gasteiger partial charge on any atom is -0.346 e. The van der Waals surface area contributed by atoms with Crippen LogP contribution in [0.2, 0.25) is 0 Å². The number of aromatic amines is 1. The average molecular weight is 537 g/mol. The number of hydrogen-bond donors (Lipinski definition) is 1. The summed E-state index contributed by atoms with van der Waals surface area (Å²) in [7, 11) is 0. The number of piperazine rings is 1. The molecule has 2 fully saturated rings. The maximum Gasteiger partial charge on any atom is 0.434 e. The van der Waals surface area contributed by atoms with Crippen molar-refractivity contribution in [2.45, 2.75) is 37.0 Å². The molecule has 0 aromatic carbocycles. The zero-order valence-electron chi connectivity index (χ0n) is 20.6. The van der Waals surface area contributed by atoms with Gasteiger partial charge in [0.25, 0.3) is 5.91 Å². The highest BCUT2D eigenvalue weighted by Crippen LogP contribution is 2.45. The maximum absolute atomic E-state index is 13.0. The number of aromatic nitrogens is 7. The van der Waals surface area contributed by atoms with Gasteiger partial charge in [0, 0.05) is 55.6 Å². The van der Waals surface area contributed by atoms with Gasteiger partial charge in [0.15, 0.2) is 5.69 Å². The number of rotatable bonds is 5. The largest absolute Gasteiger partial charge is 0.434 e. The Hall–Kier alpha value is -4.38. The van der Waals surface area contributed by atoms with Crippen LogP contribution in [0.3, 0.4) is 0 Å². The Morgan fingerprint density at radius 3 is 2.69 bits per heavy atom. The molecule has 6 rings (SSSR count). The number of nitrogens with zero attached hydrogens (tertiary/aromatic N) is 9. The van der Waals surface area contributed by atoms with Crippen molar-refractivity contribution in [3.05, 3.63) is 54.8 Å². The van der Waals surface area contributed by atoms with Gasteiger partial charge in [-0.3, -0.25) is 19.4 Å². The van der Waals surface area contributed by atoms with Crippen LogP contribution in [-0.4, -0.2) is 82.6 Å². The van der Waals surface area contributed by atoms with E-state index < -0.39 is 23.3 Å². The molecule has 4 aromatic heterocycles. The predicted molar refractivity (Wildman–Crippen MR) is 131 cm³/mol. The molecule has 200 valence electrons. The van der Waals surface area contributed by atoms with E-state index >= 15 is 0 Å². The normalized spacial score (nSPS) is 22.0. The van der Waals surface area contributed by atoms with Gasteiger partial charge in [-0.2, -0.15) is 23.5 Å². The highest BCUT2D eigenvalue weighted by Gasteiger charge is 2.49. The molecule has 1 amide bonds. The van der Waals surface area contributed by atoms with E-state index in [0.717, 1.165) is 41.3 Å². The predicted octanol–water partition coefficient (Wildman–Crippen LogP) is 2.86. The summed E-state index contributed by atoms with van der Waals surface area (Å²) in [5.74, 6) is -0.564. The van der Waals surface area contributed by atoms with Crippen LogP contribution in [0.15, 0.2) is 43.4 Å². The maximum atomic E-state index is 13.0. The summed E-state index contributed by atoms with van der Waals surface area (Å²) in [4.78, 5) is 35.3. The van der Waals surface area contributed by atoms with Gasteiger partial charge < -0.3 is 9.88 Å². The summed E-state index contributed by atoms with van der Waals surface area (Å²) in [6.07, 6.45) is 5.73. The van der Waals surface area contributed by atoms with Crippen LogP contribution in [0.5, 0.6) is 0 Å². The van der Waals surface area contributed by atoms with Crippen LogP contribution in [0.4, 0.5) is 13.2 Å². The number of H-pyrrole nitrogens is 1. The summed E-state index contributed by atoms with van der Waals surface area (Å²) in [5.41, 5.74) is 0.400. The summed E-state index contributed by atoms with van der Waals surface area (Å²) < 4.78 is 40.8. The number of hydrogen-bond acceptors (Lipinski definition) is 8. The molecule has 1 aliphatic heterocycles. The van der Waals surface area contributed by atoms with Gasteiger partial charge >= 0.3 is 6.18 Å². The third-order valence-corrected chi connectivity index (χ3v) is 7.60. The minimum absolute atomic E-state index is 0.201. The van der Waals surface area contributed by atoms with Crippen LogP contribution in [0.25, 0.3) is 22.3 Å². The number of nitrogens with one attached hydrogen (secondary N) is 1. The molecule has 0 spiro atoms. The van der Waals surface area contributed by atoms with Crippen molar-refractivity contribution in [2.24, 2.45) is 0 Å². The summed E-state index contributed by atoms with van der Waals surface area (Å²) in [6.45, 7) is 1.87. The van der Waals surface area contributed by atoms with Gasteiger partial charge in [0.2, 0.25) is 0 Å². The summed E-state index contributed by atoms with van der Waals surface area (Å²) >= 11 is 0. The molecule has 14 heteroatoms. The van der Waals surface area contributed by atoms with Crippen molar-refractivity contribution in [2.75, 3.05) is 26.2 Å². The fraction of sp³-hybridized carbons (Fsp3) is 0.400. The number of amides is 1. The first kappa shape index (κ1) is 24.9. The number of nitriles is 1. The smallest absolute Gasteiger partial charge is 0.346 e. The molecule has 1 saturated heterocycles. The zero-order valence-corrected chi connectivity index (χ0v) is 20.6. The Kier molecular flexibility index (Phi) is 6.02. The molecule has 0 unspecified atom stereocenters. The van der Waals surface area contributed by atoms with Crippen molar-refractivity contribution < 1.29 is 18.0 Å². The fourth-order valence-corrected chi connectivity index (χ4v) is 5.50. The molecule has 39 heavy (non-hydrogen) atoms. The van der Waals surface area contributed by atoms with Crippen molar-refractivity contribution in [3.8, 4) is 17.3 Å². The van der Waals surface area contributed by atoms with Crippen molar-refractivity contribution in [3.63, 3.8) is 0 Å². The topological polar surface area (TPSA) is 133 Å². The molecule has 1 saturated carbocycles. The van der Waals surface area contributed by atoms with E-state index in [2.05, 4.69) is 41.0 Å². The van der Waals surface area contributed by atoms with Gasteiger partial charge in [0.1, 0.15) is 17.7 Å². The fourth-order valence-electron chi connectivity index (χ4n) is 5.50. The third-order valence-electron chi connectivity index (χ3n) is 7.60. The molecule has 1 N–H and O–H groups in total. The Morgan fingerprint density at radius 1 is 1.15 bits per heavy atom. The van der Waals surface area contributed by atoms with E-state index in [0.29, 0.717) is 38.8 Å². The van der Waals surface area contributed by atoms with Gasteiger partial charge in [-0.25, -0.2) is 15.0 Å². The Morgan fingerprint density at radius 2 is 1.95 bits per heavy atom. The SMILES string of the molecule is N#CCC1(n2cc(-c3ncnc4[nH]ccc34)cn2)CC(N2CCN(C(=O)c3cncc(C(F)(F)F)n3)CC2)C1. The van der Waals surface area contributed by atoms with Gasteiger partial charge in [-0.1, -0.05) is 0 Å². The first-order valence-electron chi connectivity index (χ1n) is 12.4. The minimum atomic E-state index is -4.67. The van der Waals surface area contributed by atoms with Gasteiger partial charge in [-0.15, -0.1) is 0 Å². The van der Waals surface area contributed by atoms with Crippen molar-refractivity contribution in [1.82, 2.24) is 44.5 Å². The molecule has 4 aromatic rings. The van der Waals surface area contributed by atoms with E-state index in [4.69, 9.17) is 0 Å². The van der Waals surface area contributed by atoms with Crippen LogP contribution >= 0.6 is 0 Å². The number of halogens is 3. The quantitative estimate of drug-likeness (QED) is 0.412. The van der Waals surface area contributed by atoms with Crippen LogP contribution < -0.4 is 0 Å². The summed E-state index contributed by atoms with van der Waals surface area (Å²) in [6, 6.07) is 4.42. The van der Waals surface area contributed by atoms with E-state index in [1.54, 1.807) is 12.4 Å². The number of alkyl halides is 3. The second kappa shape index (κ2) is 9.42.